The van der Waals surface area contributed by atoms with Crippen molar-refractivity contribution >= 4 is 5.91 Å². The van der Waals surface area contributed by atoms with Crippen LogP contribution in [0.5, 0.6) is 0 Å². The van der Waals surface area contributed by atoms with Crippen LogP contribution in [0.1, 0.15) is 18.4 Å². The number of hydrogen-bond acceptors (Lipinski definition) is 3. The number of nitrogens with one attached hydrogen (secondary N) is 1. The van der Waals surface area contributed by atoms with E-state index in [1.54, 1.807) is 0 Å². The molecule has 0 spiro atoms. The molecule has 1 atom stereocenters. The Bertz CT molecular complexity index is 408. The van der Waals surface area contributed by atoms with Gasteiger partial charge in [0.05, 0.1) is 12.7 Å². The number of hydrogen-bond donors (Lipinski definition) is 1. The van der Waals surface area contributed by atoms with E-state index >= 15 is 0 Å². The SMILES string of the molecule is CN1CCOC(CNC(=O)CCCc2ccccc2)C1. The molecule has 1 amide bonds. The van der Waals surface area contributed by atoms with Crippen LogP contribution in [0.25, 0.3) is 0 Å². The van der Waals surface area contributed by atoms with Crippen LogP contribution >= 0.6 is 0 Å². The van der Waals surface area contributed by atoms with E-state index in [0.29, 0.717) is 13.0 Å². The molecule has 1 unspecified atom stereocenters. The summed E-state index contributed by atoms with van der Waals surface area (Å²) in [6.07, 6.45) is 2.56. The minimum Gasteiger partial charge on any atom is -0.374 e. The van der Waals surface area contributed by atoms with E-state index in [2.05, 4.69) is 29.4 Å². The van der Waals surface area contributed by atoms with Crippen LogP contribution in [0.15, 0.2) is 30.3 Å². The number of ether oxygens (including phenoxy) is 1. The number of rotatable bonds is 6. The van der Waals surface area contributed by atoms with Gasteiger partial charge in [-0.05, 0) is 25.5 Å². The normalized spacial score (nSPS) is 19.8. The number of carbonyl (C=O) groups excluding carboxylic acids is 1. The van der Waals surface area contributed by atoms with Crippen molar-refractivity contribution in [1.29, 1.82) is 0 Å². The van der Waals surface area contributed by atoms with Gasteiger partial charge < -0.3 is 15.0 Å². The predicted octanol–water partition coefficient (Wildman–Crippen LogP) is 1.46. The Morgan fingerprint density at radius 3 is 2.95 bits per heavy atom. The second-order valence-electron chi connectivity index (χ2n) is 5.40. The zero-order chi connectivity index (χ0) is 14.2. The fraction of sp³-hybridized carbons (Fsp3) is 0.562. The number of likely N-dealkylation sites (N-methyl/N-ethyl adjacent to an activating group) is 1. The van der Waals surface area contributed by atoms with Crippen LogP contribution in [0.3, 0.4) is 0 Å². The van der Waals surface area contributed by atoms with Crippen molar-refractivity contribution in [1.82, 2.24) is 10.2 Å². The third-order valence-electron chi connectivity index (χ3n) is 3.58. The van der Waals surface area contributed by atoms with E-state index in [-0.39, 0.29) is 12.0 Å². The zero-order valence-electron chi connectivity index (χ0n) is 12.2. The van der Waals surface area contributed by atoms with E-state index in [9.17, 15) is 4.79 Å². The summed E-state index contributed by atoms with van der Waals surface area (Å²) in [6, 6.07) is 10.3. The van der Waals surface area contributed by atoms with Gasteiger partial charge in [0.15, 0.2) is 0 Å². The van der Waals surface area contributed by atoms with Gasteiger partial charge in [-0.1, -0.05) is 30.3 Å². The maximum atomic E-state index is 11.8. The number of aryl methyl sites for hydroxylation is 1. The maximum Gasteiger partial charge on any atom is 0.220 e. The van der Waals surface area contributed by atoms with Gasteiger partial charge in [-0.2, -0.15) is 0 Å². The van der Waals surface area contributed by atoms with Gasteiger partial charge in [0, 0.05) is 26.1 Å². The summed E-state index contributed by atoms with van der Waals surface area (Å²) in [5, 5.41) is 2.97. The highest BCUT2D eigenvalue weighted by atomic mass is 16.5. The second kappa shape index (κ2) is 8.02. The maximum absolute atomic E-state index is 11.8. The lowest BCUT2D eigenvalue weighted by Gasteiger charge is -2.30. The summed E-state index contributed by atoms with van der Waals surface area (Å²) in [4.78, 5) is 14.0. The van der Waals surface area contributed by atoms with Crippen LogP contribution < -0.4 is 5.32 Å². The van der Waals surface area contributed by atoms with E-state index in [1.807, 2.05) is 18.2 Å². The highest BCUT2D eigenvalue weighted by Gasteiger charge is 2.17. The first kappa shape index (κ1) is 15.0. The minimum atomic E-state index is 0.123. The molecule has 20 heavy (non-hydrogen) atoms. The molecular formula is C16H24N2O2. The molecule has 1 aromatic carbocycles. The lowest BCUT2D eigenvalue weighted by molar-refractivity contribution is -0.122. The van der Waals surface area contributed by atoms with Crippen molar-refractivity contribution in [2.45, 2.75) is 25.4 Å². The van der Waals surface area contributed by atoms with Gasteiger partial charge in [-0.25, -0.2) is 0 Å². The smallest absolute Gasteiger partial charge is 0.220 e. The van der Waals surface area contributed by atoms with Crippen LogP contribution in [0.4, 0.5) is 0 Å². The van der Waals surface area contributed by atoms with Crippen LogP contribution in [0.2, 0.25) is 0 Å². The molecule has 110 valence electrons. The number of benzene rings is 1. The molecule has 1 N–H and O–H groups in total. The molecule has 0 aromatic heterocycles. The molecule has 0 radical (unpaired) electrons. The topological polar surface area (TPSA) is 41.6 Å². The summed E-state index contributed by atoms with van der Waals surface area (Å²) in [5.41, 5.74) is 1.29. The Morgan fingerprint density at radius 1 is 1.40 bits per heavy atom. The van der Waals surface area contributed by atoms with Crippen LogP contribution in [0, 0.1) is 0 Å². The molecule has 1 saturated heterocycles. The van der Waals surface area contributed by atoms with Crippen molar-refractivity contribution in [3.05, 3.63) is 35.9 Å². The third kappa shape index (κ3) is 5.31. The molecule has 0 saturated carbocycles. The van der Waals surface area contributed by atoms with Crippen LogP contribution in [-0.4, -0.2) is 50.2 Å². The molecule has 1 fully saturated rings. The number of amides is 1. The fourth-order valence-corrected chi connectivity index (χ4v) is 2.40. The Kier molecular flexibility index (Phi) is 6.02. The summed E-state index contributed by atoms with van der Waals surface area (Å²) in [5.74, 6) is 0.123. The standard InChI is InChI=1S/C16H24N2O2/c1-18-10-11-20-15(13-18)12-17-16(19)9-5-8-14-6-3-2-4-7-14/h2-4,6-7,15H,5,8-13H2,1H3,(H,17,19). The van der Waals surface area contributed by atoms with E-state index in [0.717, 1.165) is 32.5 Å². The Morgan fingerprint density at radius 2 is 2.20 bits per heavy atom. The first-order valence-corrected chi connectivity index (χ1v) is 7.35. The Balaban J connectivity index is 1.58. The minimum absolute atomic E-state index is 0.123. The molecule has 1 heterocycles. The molecule has 1 aromatic rings. The number of nitrogens with zero attached hydrogens (tertiary/aromatic N) is 1. The second-order valence-corrected chi connectivity index (χ2v) is 5.40. The average Bonchev–Trinajstić information content (AvgIpc) is 2.46. The third-order valence-corrected chi connectivity index (χ3v) is 3.58. The predicted molar refractivity (Wildman–Crippen MR) is 79.6 cm³/mol. The monoisotopic (exact) mass is 276 g/mol. The summed E-state index contributed by atoms with van der Waals surface area (Å²) in [7, 11) is 2.08. The average molecular weight is 276 g/mol. The molecular weight excluding hydrogens is 252 g/mol. The van der Waals surface area contributed by atoms with Crippen molar-refractivity contribution in [2.75, 3.05) is 33.3 Å². The summed E-state index contributed by atoms with van der Waals surface area (Å²) < 4.78 is 5.62. The van der Waals surface area contributed by atoms with Crippen molar-refractivity contribution < 1.29 is 9.53 Å². The quantitative estimate of drug-likeness (QED) is 0.855. The first-order valence-electron chi connectivity index (χ1n) is 7.35. The first-order chi connectivity index (χ1) is 9.74. The lowest BCUT2D eigenvalue weighted by Crippen LogP contribution is -2.45. The molecule has 4 nitrogen and oxygen atoms in total. The van der Waals surface area contributed by atoms with E-state index < -0.39 is 0 Å². The zero-order valence-corrected chi connectivity index (χ0v) is 12.2. The Labute approximate surface area is 121 Å². The molecule has 0 aliphatic carbocycles. The molecule has 4 heteroatoms. The van der Waals surface area contributed by atoms with E-state index in [1.165, 1.54) is 5.56 Å². The molecule has 2 rings (SSSR count). The van der Waals surface area contributed by atoms with Gasteiger partial charge >= 0.3 is 0 Å². The van der Waals surface area contributed by atoms with E-state index in [4.69, 9.17) is 4.74 Å². The van der Waals surface area contributed by atoms with Crippen LogP contribution in [-0.2, 0) is 16.0 Å². The Hall–Kier alpha value is -1.39. The highest BCUT2D eigenvalue weighted by molar-refractivity contribution is 5.75. The van der Waals surface area contributed by atoms with Gasteiger partial charge in [-0.15, -0.1) is 0 Å². The highest BCUT2D eigenvalue weighted by Crippen LogP contribution is 2.05. The number of morpholine rings is 1. The fourth-order valence-electron chi connectivity index (χ4n) is 2.40. The van der Waals surface area contributed by atoms with Crippen molar-refractivity contribution in [2.24, 2.45) is 0 Å². The summed E-state index contributed by atoms with van der Waals surface area (Å²) in [6.45, 7) is 3.24. The van der Waals surface area contributed by atoms with Gasteiger partial charge in [0.25, 0.3) is 0 Å². The van der Waals surface area contributed by atoms with Gasteiger partial charge in [0.2, 0.25) is 5.91 Å². The summed E-state index contributed by atoms with van der Waals surface area (Å²) >= 11 is 0. The molecule has 1 aliphatic rings. The molecule has 1 aliphatic heterocycles. The number of carbonyl (C=O) groups is 1. The van der Waals surface area contributed by atoms with Crippen molar-refractivity contribution in [3.63, 3.8) is 0 Å². The lowest BCUT2D eigenvalue weighted by atomic mass is 10.1. The largest absolute Gasteiger partial charge is 0.374 e. The van der Waals surface area contributed by atoms with Gasteiger partial charge in [-0.3, -0.25) is 4.79 Å². The molecule has 0 bridgehead atoms. The van der Waals surface area contributed by atoms with Crippen molar-refractivity contribution in [3.8, 4) is 0 Å². The van der Waals surface area contributed by atoms with Gasteiger partial charge in [0.1, 0.15) is 0 Å².